The summed E-state index contributed by atoms with van der Waals surface area (Å²) in [5.74, 6) is -0.0740. The molecule has 3 aromatic rings. The first-order valence-corrected chi connectivity index (χ1v) is 8.28. The van der Waals surface area contributed by atoms with Crippen molar-refractivity contribution in [2.75, 3.05) is 0 Å². The summed E-state index contributed by atoms with van der Waals surface area (Å²) in [5, 5.41) is 4.23. The van der Waals surface area contributed by atoms with Gasteiger partial charge >= 0.3 is 0 Å². The highest BCUT2D eigenvalue weighted by Gasteiger charge is 2.31. The van der Waals surface area contributed by atoms with Crippen molar-refractivity contribution in [2.24, 2.45) is 5.73 Å². The zero-order valence-corrected chi connectivity index (χ0v) is 13.9. The molecule has 24 heavy (non-hydrogen) atoms. The van der Waals surface area contributed by atoms with Crippen molar-refractivity contribution in [2.45, 2.75) is 32.4 Å². The SMILES string of the molecule is Cc1[nH]c2c(C(=O)NC3Cc4ccccc4C3N)cccc2c1C. The van der Waals surface area contributed by atoms with Gasteiger partial charge in [-0.2, -0.15) is 0 Å². The van der Waals surface area contributed by atoms with Gasteiger partial charge in [-0.25, -0.2) is 0 Å². The molecule has 1 amide bonds. The number of H-pyrrole nitrogens is 1. The smallest absolute Gasteiger partial charge is 0.253 e. The van der Waals surface area contributed by atoms with E-state index in [0.29, 0.717) is 5.56 Å². The number of rotatable bonds is 2. The number of hydrogen-bond acceptors (Lipinski definition) is 2. The molecular formula is C20H21N3O. The first-order chi connectivity index (χ1) is 11.6. The average molecular weight is 319 g/mol. The number of aromatic nitrogens is 1. The van der Waals surface area contributed by atoms with Crippen LogP contribution >= 0.6 is 0 Å². The number of benzene rings is 2. The van der Waals surface area contributed by atoms with E-state index in [0.717, 1.165) is 28.6 Å². The molecular weight excluding hydrogens is 298 g/mol. The summed E-state index contributed by atoms with van der Waals surface area (Å²) in [7, 11) is 0. The van der Waals surface area contributed by atoms with Crippen molar-refractivity contribution in [3.63, 3.8) is 0 Å². The lowest BCUT2D eigenvalue weighted by atomic mass is 10.1. The van der Waals surface area contributed by atoms with E-state index in [1.54, 1.807) is 0 Å². The molecule has 4 heteroatoms. The summed E-state index contributed by atoms with van der Waals surface area (Å²) in [6, 6.07) is 13.8. The van der Waals surface area contributed by atoms with Crippen LogP contribution in [-0.2, 0) is 6.42 Å². The minimum Gasteiger partial charge on any atom is -0.358 e. The summed E-state index contributed by atoms with van der Waals surface area (Å²) in [6.45, 7) is 4.10. The molecule has 0 bridgehead atoms. The summed E-state index contributed by atoms with van der Waals surface area (Å²) in [4.78, 5) is 16.2. The maximum Gasteiger partial charge on any atom is 0.253 e. The summed E-state index contributed by atoms with van der Waals surface area (Å²) in [5.41, 5.74) is 12.5. The van der Waals surface area contributed by atoms with E-state index < -0.39 is 0 Å². The third-order valence-electron chi connectivity index (χ3n) is 5.19. The number of carbonyl (C=O) groups is 1. The second-order valence-electron chi connectivity index (χ2n) is 6.61. The molecule has 0 saturated carbocycles. The Balaban J connectivity index is 1.63. The van der Waals surface area contributed by atoms with Crippen LogP contribution in [-0.4, -0.2) is 16.9 Å². The Bertz CT molecular complexity index is 941. The van der Waals surface area contributed by atoms with Gasteiger partial charge in [-0.05, 0) is 43.0 Å². The monoisotopic (exact) mass is 319 g/mol. The maximum absolute atomic E-state index is 12.8. The first kappa shape index (κ1) is 15.0. The molecule has 1 heterocycles. The lowest BCUT2D eigenvalue weighted by molar-refractivity contribution is 0.0935. The molecule has 2 atom stereocenters. The fourth-order valence-electron chi connectivity index (χ4n) is 3.68. The van der Waals surface area contributed by atoms with Crippen LogP contribution in [0.5, 0.6) is 0 Å². The van der Waals surface area contributed by atoms with Crippen LogP contribution in [0, 0.1) is 13.8 Å². The van der Waals surface area contributed by atoms with Crippen LogP contribution in [0.1, 0.15) is 38.8 Å². The van der Waals surface area contributed by atoms with Gasteiger partial charge < -0.3 is 16.0 Å². The predicted molar refractivity (Wildman–Crippen MR) is 96.1 cm³/mol. The summed E-state index contributed by atoms with van der Waals surface area (Å²) in [6.07, 6.45) is 0.780. The number of nitrogens with two attached hydrogens (primary N) is 1. The van der Waals surface area contributed by atoms with Crippen molar-refractivity contribution in [3.8, 4) is 0 Å². The number of amides is 1. The van der Waals surface area contributed by atoms with Gasteiger partial charge in [0.05, 0.1) is 23.2 Å². The lowest BCUT2D eigenvalue weighted by Gasteiger charge is -2.18. The van der Waals surface area contributed by atoms with E-state index in [4.69, 9.17) is 5.73 Å². The number of carbonyl (C=O) groups excluding carboxylic acids is 1. The van der Waals surface area contributed by atoms with Gasteiger partial charge in [0.1, 0.15) is 0 Å². The van der Waals surface area contributed by atoms with Crippen molar-refractivity contribution in [3.05, 3.63) is 70.4 Å². The zero-order valence-electron chi connectivity index (χ0n) is 13.9. The molecule has 1 aromatic heterocycles. The topological polar surface area (TPSA) is 70.9 Å². The van der Waals surface area contributed by atoms with E-state index in [1.807, 2.05) is 43.3 Å². The number of hydrogen-bond donors (Lipinski definition) is 3. The number of aromatic amines is 1. The van der Waals surface area contributed by atoms with E-state index >= 15 is 0 Å². The molecule has 2 unspecified atom stereocenters. The summed E-state index contributed by atoms with van der Waals surface area (Å²) < 4.78 is 0. The highest BCUT2D eigenvalue weighted by molar-refractivity contribution is 6.06. The van der Waals surface area contributed by atoms with Gasteiger partial charge in [0, 0.05) is 11.1 Å². The van der Waals surface area contributed by atoms with Crippen LogP contribution in [0.15, 0.2) is 42.5 Å². The Morgan fingerprint density at radius 1 is 1.17 bits per heavy atom. The Kier molecular flexibility index (Phi) is 3.43. The van der Waals surface area contributed by atoms with Crippen molar-refractivity contribution < 1.29 is 4.79 Å². The van der Waals surface area contributed by atoms with Crippen LogP contribution in [0.4, 0.5) is 0 Å². The van der Waals surface area contributed by atoms with Gasteiger partial charge in [-0.15, -0.1) is 0 Å². The highest BCUT2D eigenvalue weighted by atomic mass is 16.1. The van der Waals surface area contributed by atoms with Gasteiger partial charge in [0.2, 0.25) is 0 Å². The van der Waals surface area contributed by atoms with E-state index in [2.05, 4.69) is 23.3 Å². The largest absolute Gasteiger partial charge is 0.358 e. The quantitative estimate of drug-likeness (QED) is 0.679. The Morgan fingerprint density at radius 3 is 2.75 bits per heavy atom. The van der Waals surface area contributed by atoms with Crippen LogP contribution < -0.4 is 11.1 Å². The van der Waals surface area contributed by atoms with E-state index in [-0.39, 0.29) is 18.0 Å². The highest BCUT2D eigenvalue weighted by Crippen LogP contribution is 2.30. The Morgan fingerprint density at radius 2 is 1.96 bits per heavy atom. The normalized spacial score (nSPS) is 19.5. The number of nitrogens with one attached hydrogen (secondary N) is 2. The van der Waals surface area contributed by atoms with E-state index in [1.165, 1.54) is 11.1 Å². The molecule has 4 rings (SSSR count). The van der Waals surface area contributed by atoms with Crippen LogP contribution in [0.3, 0.4) is 0 Å². The molecule has 4 N–H and O–H groups in total. The fraction of sp³-hybridized carbons (Fsp3) is 0.250. The molecule has 122 valence electrons. The van der Waals surface area contributed by atoms with E-state index in [9.17, 15) is 4.79 Å². The van der Waals surface area contributed by atoms with Crippen LogP contribution in [0.2, 0.25) is 0 Å². The average Bonchev–Trinajstić information content (AvgIpc) is 3.05. The van der Waals surface area contributed by atoms with Gasteiger partial charge in [-0.1, -0.05) is 36.4 Å². The Hall–Kier alpha value is -2.59. The number of aryl methyl sites for hydroxylation is 2. The predicted octanol–water partition coefficient (Wildman–Crippen LogP) is 3.14. The third-order valence-corrected chi connectivity index (χ3v) is 5.19. The molecule has 0 radical (unpaired) electrons. The second-order valence-corrected chi connectivity index (χ2v) is 6.61. The summed E-state index contributed by atoms with van der Waals surface area (Å²) >= 11 is 0. The van der Waals surface area contributed by atoms with Crippen molar-refractivity contribution in [1.29, 1.82) is 0 Å². The first-order valence-electron chi connectivity index (χ1n) is 8.28. The zero-order chi connectivity index (χ0) is 16.8. The molecule has 1 aliphatic rings. The Labute approximate surface area is 141 Å². The van der Waals surface area contributed by atoms with Crippen molar-refractivity contribution in [1.82, 2.24) is 10.3 Å². The number of fused-ring (bicyclic) bond motifs is 2. The minimum atomic E-state index is -0.156. The molecule has 4 nitrogen and oxygen atoms in total. The molecule has 1 aliphatic carbocycles. The van der Waals surface area contributed by atoms with Crippen molar-refractivity contribution >= 4 is 16.8 Å². The molecule has 0 saturated heterocycles. The lowest BCUT2D eigenvalue weighted by Crippen LogP contribution is -2.40. The molecule has 0 spiro atoms. The standard InChI is InChI=1S/C20H21N3O/c1-11-12(2)22-19-14(11)8-5-9-16(19)20(24)23-17-10-13-6-3-4-7-15(13)18(17)21/h3-9,17-18,22H,10,21H2,1-2H3,(H,23,24). The second kappa shape index (κ2) is 5.49. The number of para-hydroxylation sites is 1. The molecule has 2 aromatic carbocycles. The van der Waals surface area contributed by atoms with Gasteiger partial charge in [-0.3, -0.25) is 4.79 Å². The van der Waals surface area contributed by atoms with Gasteiger partial charge in [0.15, 0.2) is 0 Å². The molecule has 0 fully saturated rings. The maximum atomic E-state index is 12.8. The van der Waals surface area contributed by atoms with Gasteiger partial charge in [0.25, 0.3) is 5.91 Å². The van der Waals surface area contributed by atoms with Crippen LogP contribution in [0.25, 0.3) is 10.9 Å². The fourth-order valence-corrected chi connectivity index (χ4v) is 3.68. The molecule has 0 aliphatic heterocycles. The third kappa shape index (κ3) is 2.22. The minimum absolute atomic E-state index is 0.0673.